The number of nitrogens with one attached hydrogen (secondary N) is 2. The van der Waals surface area contributed by atoms with Crippen molar-refractivity contribution in [1.29, 1.82) is 0 Å². The number of benzene rings is 2. The maximum Gasteiger partial charge on any atom is 0.227 e. The maximum absolute atomic E-state index is 12.3. The van der Waals surface area contributed by atoms with Crippen LogP contribution in [0, 0.1) is 5.92 Å². The Morgan fingerprint density at radius 1 is 1.08 bits per heavy atom. The van der Waals surface area contributed by atoms with E-state index >= 15 is 0 Å². The van der Waals surface area contributed by atoms with Gasteiger partial charge in [-0.05, 0) is 68.4 Å². The summed E-state index contributed by atoms with van der Waals surface area (Å²) >= 11 is 7.56. The molecule has 0 saturated carbocycles. The number of hydrogen-bond acceptors (Lipinski definition) is 3. The van der Waals surface area contributed by atoms with E-state index in [-0.39, 0.29) is 24.2 Å². The van der Waals surface area contributed by atoms with Crippen LogP contribution in [0.15, 0.2) is 58.3 Å². The van der Waals surface area contributed by atoms with Crippen LogP contribution in [0.5, 0.6) is 0 Å². The van der Waals surface area contributed by atoms with E-state index in [1.807, 2.05) is 48.5 Å². The Hall–Kier alpha value is -1.20. The molecule has 1 aliphatic rings. The number of rotatable bonds is 4. The Morgan fingerprint density at radius 2 is 1.79 bits per heavy atom. The van der Waals surface area contributed by atoms with Crippen LogP contribution in [0.3, 0.4) is 0 Å². The van der Waals surface area contributed by atoms with Crippen LogP contribution in [0.2, 0.25) is 5.02 Å². The van der Waals surface area contributed by atoms with Crippen molar-refractivity contribution in [3.63, 3.8) is 0 Å². The van der Waals surface area contributed by atoms with Gasteiger partial charge in [-0.1, -0.05) is 29.4 Å². The average molecular weight is 383 g/mol. The lowest BCUT2D eigenvalue weighted by molar-refractivity contribution is -0.120. The fourth-order valence-corrected chi connectivity index (χ4v) is 3.61. The van der Waals surface area contributed by atoms with Crippen LogP contribution in [0.1, 0.15) is 12.8 Å². The highest BCUT2D eigenvalue weighted by Crippen LogP contribution is 2.30. The van der Waals surface area contributed by atoms with Gasteiger partial charge >= 0.3 is 0 Å². The van der Waals surface area contributed by atoms with Crippen molar-refractivity contribution < 1.29 is 4.79 Å². The average Bonchev–Trinajstić information content (AvgIpc) is 2.58. The van der Waals surface area contributed by atoms with E-state index in [0.29, 0.717) is 0 Å². The first-order valence-corrected chi connectivity index (χ1v) is 8.95. The first kappa shape index (κ1) is 19.1. The Labute approximate surface area is 158 Å². The zero-order chi connectivity index (χ0) is 16.1. The molecule has 3 rings (SSSR count). The highest BCUT2D eigenvalue weighted by atomic mass is 35.5. The standard InChI is InChI=1S/C18H19ClN2OS.ClH/c19-14-4-6-16(7-5-14)23-17-3-1-2-15(12-17)21-18(22)13-8-10-20-11-9-13;/h1-7,12-13,20H,8-11H2,(H,21,22);1H. The second-order valence-electron chi connectivity index (χ2n) is 5.60. The molecule has 2 N–H and O–H groups in total. The lowest BCUT2D eigenvalue weighted by Crippen LogP contribution is -2.34. The molecule has 128 valence electrons. The van der Waals surface area contributed by atoms with Crippen molar-refractivity contribution in [3.8, 4) is 0 Å². The predicted molar refractivity (Wildman–Crippen MR) is 103 cm³/mol. The normalized spacial score (nSPS) is 14.7. The SMILES string of the molecule is Cl.O=C(Nc1cccc(Sc2ccc(Cl)cc2)c1)C1CCNCC1. The van der Waals surface area contributed by atoms with Gasteiger partial charge in [-0.3, -0.25) is 4.79 Å². The first-order valence-electron chi connectivity index (χ1n) is 7.76. The molecule has 0 atom stereocenters. The number of carbonyl (C=O) groups is 1. The van der Waals surface area contributed by atoms with Crippen molar-refractivity contribution in [2.45, 2.75) is 22.6 Å². The largest absolute Gasteiger partial charge is 0.326 e. The number of anilines is 1. The van der Waals surface area contributed by atoms with Gasteiger partial charge in [0.1, 0.15) is 0 Å². The molecule has 1 amide bonds. The van der Waals surface area contributed by atoms with E-state index in [1.54, 1.807) is 11.8 Å². The number of hydrogen-bond donors (Lipinski definition) is 2. The van der Waals surface area contributed by atoms with Gasteiger partial charge in [0.2, 0.25) is 5.91 Å². The monoisotopic (exact) mass is 382 g/mol. The summed E-state index contributed by atoms with van der Waals surface area (Å²) in [7, 11) is 0. The second-order valence-corrected chi connectivity index (χ2v) is 7.18. The summed E-state index contributed by atoms with van der Waals surface area (Å²) in [6.07, 6.45) is 1.82. The van der Waals surface area contributed by atoms with Crippen LogP contribution in [-0.2, 0) is 4.79 Å². The van der Waals surface area contributed by atoms with E-state index in [1.165, 1.54) is 0 Å². The summed E-state index contributed by atoms with van der Waals surface area (Å²) in [5.41, 5.74) is 0.854. The minimum atomic E-state index is 0. The van der Waals surface area contributed by atoms with Gasteiger partial charge in [0.25, 0.3) is 0 Å². The molecule has 0 aliphatic carbocycles. The zero-order valence-corrected chi connectivity index (χ0v) is 15.5. The molecule has 1 fully saturated rings. The first-order chi connectivity index (χ1) is 11.2. The van der Waals surface area contributed by atoms with Crippen molar-refractivity contribution in [2.24, 2.45) is 5.92 Å². The van der Waals surface area contributed by atoms with Gasteiger partial charge in [-0.2, -0.15) is 0 Å². The van der Waals surface area contributed by atoms with Crippen LogP contribution in [-0.4, -0.2) is 19.0 Å². The molecule has 0 aromatic heterocycles. The fourth-order valence-electron chi connectivity index (χ4n) is 2.60. The predicted octanol–water partition coefficient (Wildman–Crippen LogP) is 4.85. The molecule has 0 unspecified atom stereocenters. The molecular weight excluding hydrogens is 363 g/mol. The molecule has 1 saturated heterocycles. The van der Waals surface area contributed by atoms with Gasteiger partial charge in [0.15, 0.2) is 0 Å². The van der Waals surface area contributed by atoms with Gasteiger partial charge in [0.05, 0.1) is 0 Å². The minimum Gasteiger partial charge on any atom is -0.326 e. The summed E-state index contributed by atoms with van der Waals surface area (Å²) in [5.74, 6) is 0.240. The lowest BCUT2D eigenvalue weighted by atomic mass is 9.97. The van der Waals surface area contributed by atoms with Crippen molar-refractivity contribution >= 4 is 47.4 Å². The Bertz CT molecular complexity index is 673. The van der Waals surface area contributed by atoms with E-state index in [4.69, 9.17) is 11.6 Å². The topological polar surface area (TPSA) is 41.1 Å². The third-order valence-electron chi connectivity index (χ3n) is 3.86. The lowest BCUT2D eigenvalue weighted by Gasteiger charge is -2.21. The number of halogens is 2. The number of piperidine rings is 1. The van der Waals surface area contributed by atoms with Crippen LogP contribution < -0.4 is 10.6 Å². The zero-order valence-electron chi connectivity index (χ0n) is 13.1. The quantitative estimate of drug-likeness (QED) is 0.793. The summed E-state index contributed by atoms with van der Waals surface area (Å²) in [4.78, 5) is 14.5. The molecule has 0 bridgehead atoms. The van der Waals surface area contributed by atoms with Gasteiger partial charge in [-0.15, -0.1) is 12.4 Å². The molecule has 24 heavy (non-hydrogen) atoms. The van der Waals surface area contributed by atoms with E-state index in [0.717, 1.165) is 46.4 Å². The van der Waals surface area contributed by atoms with Gasteiger partial charge < -0.3 is 10.6 Å². The van der Waals surface area contributed by atoms with Crippen LogP contribution in [0.4, 0.5) is 5.69 Å². The van der Waals surface area contributed by atoms with Crippen LogP contribution >= 0.6 is 35.8 Å². The molecule has 0 spiro atoms. The van der Waals surface area contributed by atoms with E-state index < -0.39 is 0 Å². The van der Waals surface area contributed by atoms with Crippen molar-refractivity contribution in [1.82, 2.24) is 5.32 Å². The Balaban J connectivity index is 0.00000208. The second kappa shape index (κ2) is 9.33. The minimum absolute atomic E-state index is 0. The van der Waals surface area contributed by atoms with Crippen LogP contribution in [0.25, 0.3) is 0 Å². The molecule has 2 aromatic carbocycles. The Kier molecular flexibility index (Phi) is 7.43. The number of amides is 1. The van der Waals surface area contributed by atoms with Gasteiger partial charge in [0, 0.05) is 26.4 Å². The van der Waals surface area contributed by atoms with Crippen molar-refractivity contribution in [2.75, 3.05) is 18.4 Å². The molecule has 6 heteroatoms. The molecule has 3 nitrogen and oxygen atoms in total. The Morgan fingerprint density at radius 3 is 2.50 bits per heavy atom. The fraction of sp³-hybridized carbons (Fsp3) is 0.278. The maximum atomic E-state index is 12.3. The molecule has 2 aromatic rings. The smallest absolute Gasteiger partial charge is 0.227 e. The molecule has 1 heterocycles. The summed E-state index contributed by atoms with van der Waals surface area (Å²) in [5, 5.41) is 7.06. The molecule has 0 radical (unpaired) electrons. The summed E-state index contributed by atoms with van der Waals surface area (Å²) in [6, 6.07) is 15.7. The van der Waals surface area contributed by atoms with E-state index in [2.05, 4.69) is 10.6 Å². The third-order valence-corrected chi connectivity index (χ3v) is 5.11. The third kappa shape index (κ3) is 5.42. The van der Waals surface area contributed by atoms with Gasteiger partial charge in [-0.25, -0.2) is 0 Å². The number of carbonyl (C=O) groups excluding carboxylic acids is 1. The van der Waals surface area contributed by atoms with E-state index in [9.17, 15) is 4.79 Å². The highest BCUT2D eigenvalue weighted by molar-refractivity contribution is 7.99. The summed E-state index contributed by atoms with van der Waals surface area (Å²) in [6.45, 7) is 1.84. The van der Waals surface area contributed by atoms with Crippen molar-refractivity contribution in [3.05, 3.63) is 53.6 Å². The molecular formula is C18H20Cl2N2OS. The molecule has 1 aliphatic heterocycles. The highest BCUT2D eigenvalue weighted by Gasteiger charge is 2.20. The summed E-state index contributed by atoms with van der Waals surface area (Å²) < 4.78 is 0.